The minimum Gasteiger partial charge on any atom is -0.496 e. The standard InChI is InChI=1S/C22H29N3O2.2C2HF3O2/c1-15-4-5-18(13-24-15)17-8-11-21(27-3)19(12-17)14-25-22(26)16-6-9-20(23-2)10-7-16;2*3-2(4,5)1(6)7/h4-5,8,11-13,16,20,23H,6-7,9-10,14H2,1-3H3,(H,25,26);2*(H,6,7). The Balaban J connectivity index is 0.000000497. The van der Waals surface area contributed by atoms with Gasteiger partial charge in [0.15, 0.2) is 0 Å². The number of rotatable bonds is 6. The summed E-state index contributed by atoms with van der Waals surface area (Å²) < 4.78 is 69.0. The highest BCUT2D eigenvalue weighted by Crippen LogP contribution is 2.28. The largest absolute Gasteiger partial charge is 0.496 e. The minimum atomic E-state index is -5.08. The Labute approximate surface area is 231 Å². The number of benzene rings is 1. The van der Waals surface area contributed by atoms with Gasteiger partial charge in [0.05, 0.1) is 7.11 Å². The van der Waals surface area contributed by atoms with Crippen molar-refractivity contribution in [1.82, 2.24) is 15.6 Å². The maximum Gasteiger partial charge on any atom is 0.490 e. The Hall–Kier alpha value is -3.88. The first-order valence-electron chi connectivity index (χ1n) is 12.1. The molecular weight excluding hydrogens is 564 g/mol. The zero-order valence-corrected chi connectivity index (χ0v) is 22.4. The van der Waals surface area contributed by atoms with Gasteiger partial charge in [0.25, 0.3) is 0 Å². The molecule has 41 heavy (non-hydrogen) atoms. The summed E-state index contributed by atoms with van der Waals surface area (Å²) in [5, 5.41) is 20.7. The number of hydrogen-bond donors (Lipinski definition) is 4. The lowest BCUT2D eigenvalue weighted by molar-refractivity contribution is -0.193. The monoisotopic (exact) mass is 595 g/mol. The smallest absolute Gasteiger partial charge is 0.490 e. The maximum atomic E-state index is 12.6. The number of carbonyl (C=O) groups is 3. The Morgan fingerprint density at radius 2 is 1.44 bits per heavy atom. The fraction of sp³-hybridized carbons (Fsp3) is 0.462. The van der Waals surface area contributed by atoms with Crippen molar-refractivity contribution in [2.45, 2.75) is 57.5 Å². The van der Waals surface area contributed by atoms with Gasteiger partial charge in [0, 0.05) is 41.5 Å². The van der Waals surface area contributed by atoms with E-state index in [9.17, 15) is 31.1 Å². The average Bonchev–Trinajstić information content (AvgIpc) is 2.91. The molecule has 0 atom stereocenters. The normalized spacial score (nSPS) is 16.7. The summed E-state index contributed by atoms with van der Waals surface area (Å²) in [7, 11) is 3.65. The van der Waals surface area contributed by atoms with Crippen molar-refractivity contribution in [2.75, 3.05) is 14.2 Å². The fourth-order valence-electron chi connectivity index (χ4n) is 3.71. The summed E-state index contributed by atoms with van der Waals surface area (Å²) in [6.45, 7) is 2.45. The van der Waals surface area contributed by atoms with Crippen molar-refractivity contribution in [2.24, 2.45) is 5.92 Å². The summed E-state index contributed by atoms with van der Waals surface area (Å²) in [5.74, 6) is -4.46. The molecule has 9 nitrogen and oxygen atoms in total. The van der Waals surface area contributed by atoms with E-state index in [0.29, 0.717) is 12.6 Å². The van der Waals surface area contributed by atoms with Crippen molar-refractivity contribution < 1.29 is 55.7 Å². The van der Waals surface area contributed by atoms with Gasteiger partial charge in [0.2, 0.25) is 5.91 Å². The van der Waals surface area contributed by atoms with Crippen molar-refractivity contribution >= 4 is 17.8 Å². The van der Waals surface area contributed by atoms with Crippen LogP contribution < -0.4 is 15.4 Å². The molecule has 15 heteroatoms. The van der Waals surface area contributed by atoms with Gasteiger partial charge in [-0.15, -0.1) is 0 Å². The molecule has 1 saturated carbocycles. The number of alkyl halides is 6. The second kappa shape index (κ2) is 15.8. The van der Waals surface area contributed by atoms with Gasteiger partial charge in [-0.1, -0.05) is 12.1 Å². The van der Waals surface area contributed by atoms with Gasteiger partial charge in [-0.3, -0.25) is 9.78 Å². The van der Waals surface area contributed by atoms with E-state index in [1.54, 1.807) is 7.11 Å². The molecule has 0 radical (unpaired) electrons. The van der Waals surface area contributed by atoms with E-state index in [1.807, 2.05) is 38.4 Å². The second-order valence-electron chi connectivity index (χ2n) is 8.88. The molecule has 0 unspecified atom stereocenters. The molecule has 2 aromatic rings. The van der Waals surface area contributed by atoms with Gasteiger partial charge in [-0.25, -0.2) is 9.59 Å². The van der Waals surface area contributed by atoms with Crippen molar-refractivity contribution in [3.05, 3.63) is 47.8 Å². The molecule has 228 valence electrons. The Morgan fingerprint density at radius 3 is 1.85 bits per heavy atom. The molecule has 0 saturated heterocycles. The molecule has 3 rings (SSSR count). The third kappa shape index (κ3) is 12.4. The molecule has 1 heterocycles. The topological polar surface area (TPSA) is 138 Å². The molecule has 1 amide bonds. The van der Waals surface area contributed by atoms with Crippen molar-refractivity contribution in [3.63, 3.8) is 0 Å². The molecule has 0 aliphatic heterocycles. The van der Waals surface area contributed by atoms with Crippen molar-refractivity contribution in [3.8, 4) is 16.9 Å². The van der Waals surface area contributed by atoms with E-state index in [0.717, 1.165) is 53.8 Å². The first kappa shape index (κ1) is 35.1. The van der Waals surface area contributed by atoms with Crippen LogP contribution in [-0.4, -0.2) is 65.6 Å². The van der Waals surface area contributed by atoms with Gasteiger partial charge in [-0.2, -0.15) is 26.3 Å². The quantitative estimate of drug-likeness (QED) is 0.352. The number of amides is 1. The summed E-state index contributed by atoms with van der Waals surface area (Å²) in [5.41, 5.74) is 4.10. The Bertz CT molecular complexity index is 1120. The van der Waals surface area contributed by atoms with Crippen LogP contribution in [0.5, 0.6) is 5.75 Å². The molecule has 1 aromatic heterocycles. The van der Waals surface area contributed by atoms with Crippen molar-refractivity contribution in [1.29, 1.82) is 0 Å². The number of nitrogens with zero attached hydrogens (tertiary/aromatic N) is 1. The van der Waals surface area contributed by atoms with E-state index in [-0.39, 0.29) is 11.8 Å². The van der Waals surface area contributed by atoms with Gasteiger partial charge < -0.3 is 25.6 Å². The summed E-state index contributed by atoms with van der Waals surface area (Å²) >= 11 is 0. The number of carboxylic acids is 2. The Kier molecular flexibility index (Phi) is 13.5. The van der Waals surface area contributed by atoms with Crippen LogP contribution in [0, 0.1) is 12.8 Å². The van der Waals surface area contributed by atoms with Crippen LogP contribution in [0.2, 0.25) is 0 Å². The predicted octanol–water partition coefficient (Wildman–Crippen LogP) is 4.73. The SMILES string of the molecule is CNC1CCC(C(=O)NCc2cc(-c3ccc(C)nc3)ccc2OC)CC1.O=C(O)C(F)(F)F.O=C(O)C(F)(F)F. The summed E-state index contributed by atoms with van der Waals surface area (Å²) in [4.78, 5) is 34.7. The first-order chi connectivity index (χ1) is 19.0. The fourth-order valence-corrected chi connectivity index (χ4v) is 3.71. The number of aromatic nitrogens is 1. The van der Waals surface area contributed by atoms with E-state index in [4.69, 9.17) is 24.5 Å². The zero-order chi connectivity index (χ0) is 31.4. The molecule has 1 aromatic carbocycles. The lowest BCUT2D eigenvalue weighted by Gasteiger charge is -2.27. The molecule has 1 aliphatic carbocycles. The van der Waals surface area contributed by atoms with Gasteiger partial charge in [-0.05, 0) is 63.4 Å². The number of aryl methyl sites for hydroxylation is 1. The number of halogens is 6. The van der Waals surface area contributed by atoms with Crippen LogP contribution in [0.3, 0.4) is 0 Å². The summed E-state index contributed by atoms with van der Waals surface area (Å²) in [6.07, 6.45) is -4.27. The van der Waals surface area contributed by atoms with E-state index >= 15 is 0 Å². The highest BCUT2D eigenvalue weighted by atomic mass is 19.4. The number of nitrogens with one attached hydrogen (secondary N) is 2. The average molecular weight is 596 g/mol. The van der Waals surface area contributed by atoms with E-state index < -0.39 is 24.3 Å². The molecule has 1 aliphatic rings. The third-order valence-electron chi connectivity index (χ3n) is 5.97. The number of pyridine rings is 1. The van der Waals surface area contributed by atoms with E-state index in [1.165, 1.54) is 0 Å². The lowest BCUT2D eigenvalue weighted by atomic mass is 9.85. The highest BCUT2D eigenvalue weighted by Gasteiger charge is 2.38. The minimum absolute atomic E-state index is 0.116. The number of ether oxygens (including phenoxy) is 1. The number of carbonyl (C=O) groups excluding carboxylic acids is 1. The third-order valence-corrected chi connectivity index (χ3v) is 5.97. The molecule has 1 fully saturated rings. The highest BCUT2D eigenvalue weighted by molar-refractivity contribution is 5.79. The lowest BCUT2D eigenvalue weighted by Crippen LogP contribution is -2.37. The first-order valence-corrected chi connectivity index (χ1v) is 12.1. The number of aliphatic carboxylic acids is 2. The maximum absolute atomic E-state index is 12.6. The molecular formula is C26H31F6N3O6. The number of carboxylic acid groups (broad SMARTS) is 2. The predicted molar refractivity (Wildman–Crippen MR) is 135 cm³/mol. The Morgan fingerprint density at radius 1 is 0.927 bits per heavy atom. The number of hydrogen-bond acceptors (Lipinski definition) is 6. The van der Waals surface area contributed by atoms with Crippen LogP contribution in [-0.2, 0) is 20.9 Å². The number of methoxy groups -OCH3 is 1. The van der Waals surface area contributed by atoms with Crippen LogP contribution in [0.4, 0.5) is 26.3 Å². The van der Waals surface area contributed by atoms with Crippen LogP contribution >= 0.6 is 0 Å². The van der Waals surface area contributed by atoms with Gasteiger partial charge in [0.1, 0.15) is 5.75 Å². The zero-order valence-electron chi connectivity index (χ0n) is 22.4. The molecule has 4 N–H and O–H groups in total. The second-order valence-corrected chi connectivity index (χ2v) is 8.88. The van der Waals surface area contributed by atoms with Crippen LogP contribution in [0.25, 0.3) is 11.1 Å². The molecule has 0 spiro atoms. The van der Waals surface area contributed by atoms with E-state index in [2.05, 4.69) is 27.8 Å². The molecule has 0 bridgehead atoms. The van der Waals surface area contributed by atoms with Gasteiger partial charge >= 0.3 is 24.3 Å². The summed E-state index contributed by atoms with van der Waals surface area (Å²) in [6, 6.07) is 10.7. The van der Waals surface area contributed by atoms with Crippen LogP contribution in [0.15, 0.2) is 36.5 Å². The van der Waals surface area contributed by atoms with Crippen LogP contribution in [0.1, 0.15) is 36.9 Å².